The number of rotatable bonds is 3. The van der Waals surface area contributed by atoms with Crippen LogP contribution in [0.4, 0.5) is 13.2 Å². The molecule has 0 amide bonds. The smallest absolute Gasteiger partial charge is 0.305 e. The van der Waals surface area contributed by atoms with Gasteiger partial charge in [0.05, 0.1) is 5.75 Å². The molecule has 114 valence electrons. The number of piperidine rings is 1. The number of sulfonamides is 1. The maximum Gasteiger partial charge on any atom is 0.403 e. The molecule has 8 heteroatoms. The Kier molecular flexibility index (Phi) is 4.90. The van der Waals surface area contributed by atoms with Crippen LogP contribution in [0.5, 0.6) is 0 Å². The highest BCUT2D eigenvalue weighted by molar-refractivity contribution is 7.89. The van der Waals surface area contributed by atoms with Crippen molar-refractivity contribution in [3.05, 3.63) is 0 Å². The van der Waals surface area contributed by atoms with E-state index in [1.807, 2.05) is 0 Å². The van der Waals surface area contributed by atoms with E-state index in [4.69, 9.17) is 0 Å². The van der Waals surface area contributed by atoms with Crippen LogP contribution in [0.3, 0.4) is 0 Å². The third kappa shape index (κ3) is 6.09. The number of hydrogen-bond acceptors (Lipinski definition) is 3. The van der Waals surface area contributed by atoms with Crippen molar-refractivity contribution >= 4 is 10.0 Å². The average molecular weight is 302 g/mol. The molecule has 1 rings (SSSR count). The number of alkyl halides is 3. The Morgan fingerprint density at radius 3 is 2.16 bits per heavy atom. The molecule has 0 radical (unpaired) electrons. The van der Waals surface area contributed by atoms with E-state index in [2.05, 4.69) is 10.0 Å². The molecule has 1 aliphatic rings. The van der Waals surface area contributed by atoms with E-state index >= 15 is 0 Å². The van der Waals surface area contributed by atoms with E-state index < -0.39 is 28.3 Å². The van der Waals surface area contributed by atoms with Crippen LogP contribution in [0.2, 0.25) is 0 Å². The summed E-state index contributed by atoms with van der Waals surface area (Å²) < 4.78 is 63.4. The van der Waals surface area contributed by atoms with Crippen LogP contribution < -0.4 is 10.0 Å². The molecule has 0 aliphatic carbocycles. The topological polar surface area (TPSA) is 58.2 Å². The van der Waals surface area contributed by atoms with Gasteiger partial charge < -0.3 is 5.32 Å². The zero-order valence-corrected chi connectivity index (χ0v) is 12.2. The van der Waals surface area contributed by atoms with Crippen molar-refractivity contribution in [1.29, 1.82) is 0 Å². The molecule has 1 heterocycles. The monoisotopic (exact) mass is 302 g/mol. The fraction of sp³-hybridized carbons (Fsp3) is 1.00. The van der Waals surface area contributed by atoms with Gasteiger partial charge in [0.25, 0.3) is 0 Å². The standard InChI is InChI=1S/C11H21F3N2O2S/c1-10(2,3)7-19(17,18)16-8-4-5-9(15-6-8)11(12,13)14/h8-9,15-16H,4-7H2,1-3H3. The summed E-state index contributed by atoms with van der Waals surface area (Å²) in [4.78, 5) is 0. The zero-order valence-electron chi connectivity index (χ0n) is 11.3. The highest BCUT2D eigenvalue weighted by Crippen LogP contribution is 2.26. The third-order valence-corrected chi connectivity index (χ3v) is 4.72. The second kappa shape index (κ2) is 5.57. The molecule has 2 atom stereocenters. The molecule has 0 saturated carbocycles. The average Bonchev–Trinajstić information content (AvgIpc) is 2.11. The summed E-state index contributed by atoms with van der Waals surface area (Å²) in [6, 6.07) is -2.00. The Bertz CT molecular complexity index is 393. The molecule has 1 aliphatic heterocycles. The van der Waals surface area contributed by atoms with Crippen molar-refractivity contribution < 1.29 is 21.6 Å². The Balaban J connectivity index is 2.50. The Morgan fingerprint density at radius 1 is 1.21 bits per heavy atom. The summed E-state index contributed by atoms with van der Waals surface area (Å²) in [5.74, 6) is -0.0425. The fourth-order valence-electron chi connectivity index (χ4n) is 2.10. The van der Waals surface area contributed by atoms with Gasteiger partial charge in [-0.3, -0.25) is 0 Å². The largest absolute Gasteiger partial charge is 0.403 e. The van der Waals surface area contributed by atoms with Gasteiger partial charge in [0.1, 0.15) is 6.04 Å². The first kappa shape index (κ1) is 16.7. The van der Waals surface area contributed by atoms with Crippen LogP contribution in [0, 0.1) is 5.41 Å². The maximum atomic E-state index is 12.4. The summed E-state index contributed by atoms with van der Waals surface area (Å²) in [5, 5.41) is 2.34. The van der Waals surface area contributed by atoms with E-state index in [0.29, 0.717) is 0 Å². The van der Waals surface area contributed by atoms with Crippen LogP contribution in [0.25, 0.3) is 0 Å². The lowest BCUT2D eigenvalue weighted by Gasteiger charge is -2.32. The Labute approximate surface area is 112 Å². The van der Waals surface area contributed by atoms with Gasteiger partial charge in [-0.2, -0.15) is 13.2 Å². The first-order valence-electron chi connectivity index (χ1n) is 6.19. The van der Waals surface area contributed by atoms with Crippen LogP contribution >= 0.6 is 0 Å². The number of hydrogen-bond donors (Lipinski definition) is 2. The van der Waals surface area contributed by atoms with Crippen molar-refractivity contribution in [2.45, 2.75) is 51.9 Å². The van der Waals surface area contributed by atoms with Crippen molar-refractivity contribution in [3.8, 4) is 0 Å². The van der Waals surface area contributed by atoms with Gasteiger partial charge in [-0.25, -0.2) is 13.1 Å². The highest BCUT2D eigenvalue weighted by atomic mass is 32.2. The molecule has 2 N–H and O–H groups in total. The van der Waals surface area contributed by atoms with Crippen LogP contribution in [0.1, 0.15) is 33.6 Å². The van der Waals surface area contributed by atoms with Gasteiger partial charge in [0, 0.05) is 12.6 Å². The summed E-state index contributed by atoms with van der Waals surface area (Å²) >= 11 is 0. The zero-order chi connectivity index (χ0) is 14.9. The van der Waals surface area contributed by atoms with Gasteiger partial charge in [0.15, 0.2) is 0 Å². The summed E-state index contributed by atoms with van der Waals surface area (Å²) in [6.07, 6.45) is -4.18. The molecule has 0 spiro atoms. The molecule has 0 bridgehead atoms. The highest BCUT2D eigenvalue weighted by Gasteiger charge is 2.42. The van der Waals surface area contributed by atoms with Crippen molar-refractivity contribution in [2.75, 3.05) is 12.3 Å². The van der Waals surface area contributed by atoms with Gasteiger partial charge in [-0.1, -0.05) is 20.8 Å². The summed E-state index contributed by atoms with van der Waals surface area (Å²) in [5.41, 5.74) is -0.386. The van der Waals surface area contributed by atoms with E-state index in [-0.39, 0.29) is 30.6 Å². The maximum absolute atomic E-state index is 12.4. The van der Waals surface area contributed by atoms with Crippen molar-refractivity contribution in [3.63, 3.8) is 0 Å². The normalized spacial score (nSPS) is 26.4. The van der Waals surface area contributed by atoms with E-state index in [1.165, 1.54) is 0 Å². The Morgan fingerprint density at radius 2 is 1.79 bits per heavy atom. The van der Waals surface area contributed by atoms with Gasteiger partial charge in [0.2, 0.25) is 10.0 Å². The van der Waals surface area contributed by atoms with E-state index in [0.717, 1.165) is 0 Å². The molecule has 4 nitrogen and oxygen atoms in total. The second-order valence-corrected chi connectivity index (χ2v) is 7.97. The molecule has 1 fully saturated rings. The van der Waals surface area contributed by atoms with Crippen LogP contribution in [0.15, 0.2) is 0 Å². The predicted octanol–water partition coefficient (Wildman–Crippen LogP) is 1.63. The van der Waals surface area contributed by atoms with Crippen LogP contribution in [-0.4, -0.2) is 39.0 Å². The molecular weight excluding hydrogens is 281 g/mol. The summed E-state index contributed by atoms with van der Waals surface area (Å²) in [7, 11) is -3.46. The minimum absolute atomic E-state index is 0.00749. The second-order valence-electron chi connectivity index (χ2n) is 6.21. The summed E-state index contributed by atoms with van der Waals surface area (Å²) in [6.45, 7) is 5.40. The quantitative estimate of drug-likeness (QED) is 0.833. The molecule has 2 unspecified atom stereocenters. The minimum Gasteiger partial charge on any atom is -0.305 e. The van der Waals surface area contributed by atoms with Gasteiger partial charge >= 0.3 is 6.18 Å². The first-order valence-corrected chi connectivity index (χ1v) is 7.84. The SMILES string of the molecule is CC(C)(C)CS(=O)(=O)NC1CCC(C(F)(F)F)NC1. The van der Waals surface area contributed by atoms with Gasteiger partial charge in [-0.05, 0) is 18.3 Å². The lowest BCUT2D eigenvalue weighted by molar-refractivity contribution is -0.160. The first-order chi connectivity index (χ1) is 8.39. The molecule has 19 heavy (non-hydrogen) atoms. The lowest BCUT2D eigenvalue weighted by atomic mass is 10.0. The number of nitrogens with one attached hydrogen (secondary N) is 2. The fourth-order valence-corrected chi connectivity index (χ4v) is 4.03. The van der Waals surface area contributed by atoms with E-state index in [9.17, 15) is 21.6 Å². The van der Waals surface area contributed by atoms with Crippen molar-refractivity contribution in [1.82, 2.24) is 10.0 Å². The predicted molar refractivity (Wildman–Crippen MR) is 67.2 cm³/mol. The molecule has 1 saturated heterocycles. The van der Waals surface area contributed by atoms with Crippen molar-refractivity contribution in [2.24, 2.45) is 5.41 Å². The molecular formula is C11H21F3N2O2S. The lowest BCUT2D eigenvalue weighted by Crippen LogP contribution is -2.54. The minimum atomic E-state index is -4.27. The van der Waals surface area contributed by atoms with Gasteiger partial charge in [-0.15, -0.1) is 0 Å². The third-order valence-electron chi connectivity index (χ3n) is 2.78. The van der Waals surface area contributed by atoms with Crippen LogP contribution in [-0.2, 0) is 10.0 Å². The molecule has 0 aromatic heterocycles. The number of halogens is 3. The molecule has 0 aromatic rings. The van der Waals surface area contributed by atoms with E-state index in [1.54, 1.807) is 20.8 Å². The Hall–Kier alpha value is -0.340. The molecule has 0 aromatic carbocycles.